The van der Waals surface area contributed by atoms with Gasteiger partial charge in [0.1, 0.15) is 5.54 Å². The van der Waals surface area contributed by atoms with Crippen LogP contribution in [0, 0.1) is 29.6 Å². The molecule has 1 N–H and O–H groups in total. The zero-order chi connectivity index (χ0) is 8.91. The Bertz CT molecular complexity index is 195. The van der Waals surface area contributed by atoms with Crippen LogP contribution in [0.2, 0.25) is 0 Å². The summed E-state index contributed by atoms with van der Waals surface area (Å²) in [6.45, 7) is 6.29. The van der Waals surface area contributed by atoms with E-state index in [4.69, 9.17) is 11.7 Å². The summed E-state index contributed by atoms with van der Waals surface area (Å²) in [5, 5.41) is 11.8. The van der Waals surface area contributed by atoms with Crippen molar-refractivity contribution in [1.29, 1.82) is 5.26 Å². The highest BCUT2D eigenvalue weighted by Crippen LogP contribution is 2.14. The fourth-order valence-corrected chi connectivity index (χ4v) is 0.607. The molecule has 60 valence electrons. The smallest absolute Gasteiger partial charge is 0.106 e. The van der Waals surface area contributed by atoms with Crippen LogP contribution in [0.3, 0.4) is 0 Å². The predicted molar refractivity (Wildman–Crippen MR) is 45.7 cm³/mol. The Morgan fingerprint density at radius 1 is 1.64 bits per heavy atom. The number of terminal acetylenes is 1. The number of nitrogens with one attached hydrogen (secondary N) is 1. The average Bonchev–Trinajstić information content (AvgIpc) is 2.00. The van der Waals surface area contributed by atoms with Gasteiger partial charge < -0.3 is 0 Å². The normalized spacial score (nSPS) is 15.1. The lowest BCUT2D eigenvalue weighted by atomic mass is 9.90. The van der Waals surface area contributed by atoms with Gasteiger partial charge in [-0.05, 0) is 12.8 Å². The number of hydrogen-bond acceptors (Lipinski definition) is 2. The summed E-state index contributed by atoms with van der Waals surface area (Å²) >= 11 is 0. The molecule has 11 heavy (non-hydrogen) atoms. The maximum absolute atomic E-state index is 8.80. The first-order chi connectivity index (χ1) is 5.06. The van der Waals surface area contributed by atoms with Crippen molar-refractivity contribution in [1.82, 2.24) is 5.32 Å². The van der Waals surface area contributed by atoms with Crippen molar-refractivity contribution in [2.75, 3.05) is 6.54 Å². The molecule has 0 aromatic carbocycles. The molecular formula is C9H14N2. The molecule has 0 radical (unpaired) electrons. The molecule has 0 spiro atoms. The summed E-state index contributed by atoms with van der Waals surface area (Å²) in [7, 11) is 0. The van der Waals surface area contributed by atoms with Gasteiger partial charge in [-0.3, -0.25) is 5.32 Å². The molecule has 0 aromatic heterocycles. The van der Waals surface area contributed by atoms with Crippen molar-refractivity contribution in [3.63, 3.8) is 0 Å². The summed E-state index contributed by atoms with van der Waals surface area (Å²) < 4.78 is 0. The van der Waals surface area contributed by atoms with E-state index in [0.717, 1.165) is 0 Å². The Morgan fingerprint density at radius 2 is 2.18 bits per heavy atom. The fraction of sp³-hybridized carbons (Fsp3) is 0.667. The maximum Gasteiger partial charge on any atom is 0.106 e. The van der Waals surface area contributed by atoms with Crippen molar-refractivity contribution >= 4 is 0 Å². The van der Waals surface area contributed by atoms with Crippen LogP contribution in [0.25, 0.3) is 0 Å². The van der Waals surface area contributed by atoms with Crippen LogP contribution in [-0.4, -0.2) is 12.1 Å². The molecule has 2 heteroatoms. The molecule has 0 fully saturated rings. The van der Waals surface area contributed by atoms with Gasteiger partial charge in [0.05, 0.1) is 12.6 Å². The van der Waals surface area contributed by atoms with Gasteiger partial charge in [-0.1, -0.05) is 19.8 Å². The van der Waals surface area contributed by atoms with Crippen LogP contribution in [0.1, 0.15) is 20.8 Å². The number of rotatable bonds is 3. The number of hydrogen-bond donors (Lipinski definition) is 1. The van der Waals surface area contributed by atoms with Crippen LogP contribution >= 0.6 is 0 Å². The minimum Gasteiger partial charge on any atom is -0.288 e. The molecule has 0 saturated heterocycles. The largest absolute Gasteiger partial charge is 0.288 e. The minimum atomic E-state index is -0.494. The summed E-state index contributed by atoms with van der Waals surface area (Å²) in [6.07, 6.45) is 5.07. The van der Waals surface area contributed by atoms with Crippen molar-refractivity contribution in [3.05, 3.63) is 0 Å². The van der Waals surface area contributed by atoms with Gasteiger partial charge >= 0.3 is 0 Å². The zero-order valence-corrected chi connectivity index (χ0v) is 7.31. The predicted octanol–water partition coefficient (Wildman–Crippen LogP) is 1.15. The second kappa shape index (κ2) is 4.01. The average molecular weight is 150 g/mol. The summed E-state index contributed by atoms with van der Waals surface area (Å²) in [5.74, 6) is 2.72. The molecule has 0 aliphatic heterocycles. The second-order valence-corrected chi connectivity index (χ2v) is 3.03. The van der Waals surface area contributed by atoms with Crippen LogP contribution < -0.4 is 5.32 Å². The molecule has 1 atom stereocenters. The molecular weight excluding hydrogens is 136 g/mol. The number of nitrogens with zero attached hydrogens (tertiary/aromatic N) is 1. The lowest BCUT2D eigenvalue weighted by molar-refractivity contribution is 0.353. The summed E-state index contributed by atoms with van der Waals surface area (Å²) in [5.41, 5.74) is -0.494. The first kappa shape index (κ1) is 10.0. The SMILES string of the molecule is C#CCNC(C)(C#N)C(C)C. The minimum absolute atomic E-state index is 0.265. The highest BCUT2D eigenvalue weighted by Gasteiger charge is 2.26. The van der Waals surface area contributed by atoms with Crippen LogP contribution in [-0.2, 0) is 0 Å². The Kier molecular flexibility index (Phi) is 3.65. The van der Waals surface area contributed by atoms with Crippen molar-refractivity contribution in [3.8, 4) is 18.4 Å². The molecule has 0 aliphatic carbocycles. The van der Waals surface area contributed by atoms with Crippen LogP contribution in [0.5, 0.6) is 0 Å². The third-order valence-electron chi connectivity index (χ3n) is 1.94. The molecule has 0 amide bonds. The Balaban J connectivity index is 4.16. The van der Waals surface area contributed by atoms with Crippen molar-refractivity contribution in [2.45, 2.75) is 26.3 Å². The fourth-order valence-electron chi connectivity index (χ4n) is 0.607. The van der Waals surface area contributed by atoms with Gasteiger partial charge in [0.2, 0.25) is 0 Å². The molecule has 0 rings (SSSR count). The molecule has 0 aliphatic rings. The lowest BCUT2D eigenvalue weighted by Crippen LogP contribution is -2.45. The third kappa shape index (κ3) is 2.62. The van der Waals surface area contributed by atoms with E-state index in [9.17, 15) is 0 Å². The quantitative estimate of drug-likeness (QED) is 0.612. The van der Waals surface area contributed by atoms with E-state index >= 15 is 0 Å². The standard InChI is InChI=1S/C9H14N2/c1-5-6-11-9(4,7-10)8(2)3/h1,8,11H,6H2,2-4H3. The zero-order valence-electron chi connectivity index (χ0n) is 7.31. The highest BCUT2D eigenvalue weighted by atomic mass is 15.0. The van der Waals surface area contributed by atoms with E-state index in [2.05, 4.69) is 17.3 Å². The summed E-state index contributed by atoms with van der Waals surface area (Å²) in [6, 6.07) is 2.21. The van der Waals surface area contributed by atoms with Crippen molar-refractivity contribution < 1.29 is 0 Å². The van der Waals surface area contributed by atoms with Gasteiger partial charge in [-0.15, -0.1) is 6.42 Å². The highest BCUT2D eigenvalue weighted by molar-refractivity contribution is 5.07. The van der Waals surface area contributed by atoms with Gasteiger partial charge in [0, 0.05) is 0 Å². The summed E-state index contributed by atoms with van der Waals surface area (Å²) in [4.78, 5) is 0. The van der Waals surface area contributed by atoms with E-state index in [0.29, 0.717) is 6.54 Å². The Morgan fingerprint density at radius 3 is 2.45 bits per heavy atom. The topological polar surface area (TPSA) is 35.8 Å². The number of nitriles is 1. The van der Waals surface area contributed by atoms with Crippen LogP contribution in [0.4, 0.5) is 0 Å². The molecule has 1 unspecified atom stereocenters. The monoisotopic (exact) mass is 150 g/mol. The van der Waals surface area contributed by atoms with Gasteiger partial charge in [-0.25, -0.2) is 0 Å². The van der Waals surface area contributed by atoms with Crippen LogP contribution in [0.15, 0.2) is 0 Å². The molecule has 2 nitrogen and oxygen atoms in total. The first-order valence-electron chi connectivity index (χ1n) is 3.66. The van der Waals surface area contributed by atoms with E-state index in [1.807, 2.05) is 20.8 Å². The van der Waals surface area contributed by atoms with E-state index in [1.54, 1.807) is 0 Å². The van der Waals surface area contributed by atoms with E-state index in [1.165, 1.54) is 0 Å². The molecule has 0 aromatic rings. The van der Waals surface area contributed by atoms with E-state index in [-0.39, 0.29) is 5.92 Å². The molecule has 0 bridgehead atoms. The van der Waals surface area contributed by atoms with Gasteiger partial charge in [-0.2, -0.15) is 5.26 Å². The van der Waals surface area contributed by atoms with Gasteiger partial charge in [0.25, 0.3) is 0 Å². The Hall–Kier alpha value is -0.990. The Labute approximate surface area is 68.6 Å². The van der Waals surface area contributed by atoms with E-state index < -0.39 is 5.54 Å². The first-order valence-corrected chi connectivity index (χ1v) is 3.66. The maximum atomic E-state index is 8.80. The molecule has 0 heterocycles. The van der Waals surface area contributed by atoms with Crippen molar-refractivity contribution in [2.24, 2.45) is 5.92 Å². The lowest BCUT2D eigenvalue weighted by Gasteiger charge is -2.26. The third-order valence-corrected chi connectivity index (χ3v) is 1.94. The molecule has 0 saturated carbocycles. The van der Waals surface area contributed by atoms with Gasteiger partial charge in [0.15, 0.2) is 0 Å². The second-order valence-electron chi connectivity index (χ2n) is 3.03.